The summed E-state index contributed by atoms with van der Waals surface area (Å²) in [6.45, 7) is 6.50. The topological polar surface area (TPSA) is 65.7 Å². The Balaban J connectivity index is 1.56. The van der Waals surface area contributed by atoms with Gasteiger partial charge in [0, 0.05) is 21.2 Å². The van der Waals surface area contributed by atoms with Gasteiger partial charge in [0.25, 0.3) is 5.56 Å². The summed E-state index contributed by atoms with van der Waals surface area (Å²) in [4.78, 5) is 18.7. The van der Waals surface area contributed by atoms with Crippen LogP contribution in [0.3, 0.4) is 0 Å². The van der Waals surface area contributed by atoms with Crippen molar-refractivity contribution in [2.75, 3.05) is 7.11 Å². The molecule has 4 aromatic carbocycles. The van der Waals surface area contributed by atoms with Crippen LogP contribution in [0.2, 0.25) is 10.0 Å². The molecule has 0 bridgehead atoms. The van der Waals surface area contributed by atoms with Gasteiger partial charge in [0.15, 0.2) is 5.82 Å². The number of benzene rings is 4. The minimum Gasteiger partial charge on any atom is -0.496 e. The highest BCUT2D eigenvalue weighted by Crippen LogP contribution is 2.34. The van der Waals surface area contributed by atoms with Crippen LogP contribution in [0.1, 0.15) is 42.0 Å². The minimum atomic E-state index is -0.248. The molecular formula is C33H27Cl2I2N3O3. The summed E-state index contributed by atoms with van der Waals surface area (Å²) in [5, 5.41) is 6.32. The second kappa shape index (κ2) is 13.5. The summed E-state index contributed by atoms with van der Waals surface area (Å²) in [5.74, 6) is 2.22. The number of hydrogen-bond acceptors (Lipinski definition) is 5. The van der Waals surface area contributed by atoms with E-state index in [2.05, 4.69) is 59.0 Å². The molecule has 0 radical (unpaired) electrons. The average Bonchev–Trinajstić information content (AvgIpc) is 2.96. The molecule has 1 heterocycles. The molecular weight excluding hydrogens is 811 g/mol. The van der Waals surface area contributed by atoms with Gasteiger partial charge in [0.1, 0.15) is 18.1 Å². The third kappa shape index (κ3) is 6.87. The van der Waals surface area contributed by atoms with Gasteiger partial charge in [-0.15, -0.1) is 0 Å². The normalized spacial score (nSPS) is 11.6. The standard InChI is InChI=1S/C33H27Cl2I2N3O3/c1-18(2)24-15-25(19(3)11-30(24)42-4)32-39-29-8-6-5-7-23(29)33(41)40(32)38-16-20-12-27(36)31(28(37)13-20)43-17-21-9-10-22(34)14-26(21)35/h5-16,18H,17H2,1-4H3. The summed E-state index contributed by atoms with van der Waals surface area (Å²) in [6.07, 6.45) is 1.67. The number of fused-ring (bicyclic) bond motifs is 1. The summed E-state index contributed by atoms with van der Waals surface area (Å²) in [7, 11) is 1.67. The molecule has 0 fully saturated rings. The van der Waals surface area contributed by atoms with E-state index in [1.807, 2.05) is 55.5 Å². The molecule has 0 saturated carbocycles. The van der Waals surface area contributed by atoms with Crippen molar-refractivity contribution in [3.8, 4) is 22.9 Å². The second-order valence-corrected chi connectivity index (χ2v) is 13.4. The van der Waals surface area contributed by atoms with E-state index in [0.29, 0.717) is 33.4 Å². The van der Waals surface area contributed by atoms with Gasteiger partial charge < -0.3 is 9.47 Å². The van der Waals surface area contributed by atoms with E-state index in [1.165, 1.54) is 4.68 Å². The zero-order valence-corrected chi connectivity index (χ0v) is 29.6. The number of para-hydroxylation sites is 1. The van der Waals surface area contributed by atoms with Crippen molar-refractivity contribution in [2.24, 2.45) is 5.10 Å². The van der Waals surface area contributed by atoms with Crippen molar-refractivity contribution in [2.45, 2.75) is 33.3 Å². The number of halogens is 4. The maximum absolute atomic E-state index is 13.8. The SMILES string of the molecule is COc1cc(C)c(-c2nc3ccccc3c(=O)n2N=Cc2cc(I)c(OCc3ccc(Cl)cc3Cl)c(I)c2)cc1C(C)C. The quantitative estimate of drug-likeness (QED) is 0.116. The first-order valence-corrected chi connectivity index (χ1v) is 16.3. The van der Waals surface area contributed by atoms with Crippen LogP contribution in [0.25, 0.3) is 22.3 Å². The second-order valence-electron chi connectivity index (χ2n) is 10.2. The molecule has 0 aliphatic carbocycles. The van der Waals surface area contributed by atoms with Gasteiger partial charge in [-0.05, 0) is 123 Å². The number of nitrogens with zero attached hydrogens (tertiary/aromatic N) is 3. The molecule has 0 aliphatic rings. The molecule has 0 amide bonds. The van der Waals surface area contributed by atoms with Gasteiger partial charge in [0.05, 0.1) is 31.4 Å². The van der Waals surface area contributed by atoms with Crippen molar-refractivity contribution < 1.29 is 9.47 Å². The van der Waals surface area contributed by atoms with Crippen molar-refractivity contribution >= 4 is 85.5 Å². The predicted octanol–water partition coefficient (Wildman–Crippen LogP) is 9.48. The zero-order valence-electron chi connectivity index (χ0n) is 23.8. The summed E-state index contributed by atoms with van der Waals surface area (Å²) < 4.78 is 15.0. The highest BCUT2D eigenvalue weighted by atomic mass is 127. The van der Waals surface area contributed by atoms with Crippen molar-refractivity contribution in [3.63, 3.8) is 0 Å². The largest absolute Gasteiger partial charge is 0.496 e. The fourth-order valence-corrected chi connectivity index (χ4v) is 7.27. The van der Waals surface area contributed by atoms with Gasteiger partial charge in [-0.2, -0.15) is 9.78 Å². The molecule has 5 aromatic rings. The molecule has 5 rings (SSSR count). The third-order valence-electron chi connectivity index (χ3n) is 6.92. The first-order chi connectivity index (χ1) is 20.6. The smallest absolute Gasteiger partial charge is 0.282 e. The van der Waals surface area contributed by atoms with Crippen LogP contribution in [-0.2, 0) is 6.61 Å². The summed E-state index contributed by atoms with van der Waals surface area (Å²) in [6, 6.07) is 20.6. The van der Waals surface area contributed by atoms with Crippen molar-refractivity contribution in [1.82, 2.24) is 9.66 Å². The molecule has 0 unspecified atom stereocenters. The average molecular weight is 838 g/mol. The van der Waals surface area contributed by atoms with Gasteiger partial charge in [-0.1, -0.05) is 55.2 Å². The Morgan fingerprint density at radius 3 is 2.42 bits per heavy atom. The van der Waals surface area contributed by atoms with E-state index in [-0.39, 0.29) is 11.5 Å². The third-order valence-corrected chi connectivity index (χ3v) is 9.11. The number of rotatable bonds is 8. The highest BCUT2D eigenvalue weighted by molar-refractivity contribution is 14.1. The molecule has 10 heteroatoms. The first kappa shape index (κ1) is 31.7. The Bertz CT molecular complexity index is 1920. The maximum atomic E-state index is 13.8. The molecule has 0 spiro atoms. The fourth-order valence-electron chi connectivity index (χ4n) is 4.68. The number of ether oxygens (including phenoxy) is 2. The lowest BCUT2D eigenvalue weighted by molar-refractivity contribution is 0.302. The Labute approximate surface area is 287 Å². The molecule has 220 valence electrons. The lowest BCUT2D eigenvalue weighted by Gasteiger charge is -2.17. The Kier molecular flexibility index (Phi) is 10.00. The number of aryl methyl sites for hydroxylation is 1. The monoisotopic (exact) mass is 837 g/mol. The molecule has 0 aliphatic heterocycles. The highest BCUT2D eigenvalue weighted by Gasteiger charge is 2.18. The lowest BCUT2D eigenvalue weighted by atomic mass is 9.96. The van der Waals surface area contributed by atoms with Crippen LogP contribution in [0.4, 0.5) is 0 Å². The maximum Gasteiger partial charge on any atom is 0.282 e. The van der Waals surface area contributed by atoms with Crippen molar-refractivity contribution in [3.05, 3.63) is 117 Å². The lowest BCUT2D eigenvalue weighted by Crippen LogP contribution is -2.21. The van der Waals surface area contributed by atoms with Gasteiger partial charge in [-0.25, -0.2) is 4.98 Å². The Morgan fingerprint density at radius 1 is 1.02 bits per heavy atom. The number of aromatic nitrogens is 2. The Morgan fingerprint density at radius 2 is 1.74 bits per heavy atom. The summed E-state index contributed by atoms with van der Waals surface area (Å²) >= 11 is 16.8. The van der Waals surface area contributed by atoms with E-state index in [4.69, 9.17) is 42.8 Å². The van der Waals surface area contributed by atoms with Crippen LogP contribution in [-0.4, -0.2) is 23.0 Å². The van der Waals surface area contributed by atoms with Gasteiger partial charge in [0.2, 0.25) is 0 Å². The van der Waals surface area contributed by atoms with E-state index in [1.54, 1.807) is 31.5 Å². The predicted molar refractivity (Wildman–Crippen MR) is 192 cm³/mol. The molecule has 43 heavy (non-hydrogen) atoms. The molecule has 1 aromatic heterocycles. The van der Waals surface area contributed by atoms with E-state index in [9.17, 15) is 4.79 Å². The van der Waals surface area contributed by atoms with E-state index < -0.39 is 0 Å². The van der Waals surface area contributed by atoms with Crippen LogP contribution < -0.4 is 15.0 Å². The van der Waals surface area contributed by atoms with Gasteiger partial charge in [-0.3, -0.25) is 4.79 Å². The molecule has 6 nitrogen and oxygen atoms in total. The number of methoxy groups -OCH3 is 1. The Hall–Kier alpha value is -2.67. The number of hydrogen-bond donors (Lipinski definition) is 0. The molecule has 0 saturated heterocycles. The molecule has 0 N–H and O–H groups in total. The van der Waals surface area contributed by atoms with E-state index in [0.717, 1.165) is 46.5 Å². The van der Waals surface area contributed by atoms with E-state index >= 15 is 0 Å². The minimum absolute atomic E-state index is 0.207. The van der Waals surface area contributed by atoms with Crippen LogP contribution in [0.5, 0.6) is 11.5 Å². The van der Waals surface area contributed by atoms with Crippen LogP contribution in [0.15, 0.2) is 76.6 Å². The van der Waals surface area contributed by atoms with Crippen LogP contribution in [0, 0.1) is 14.1 Å². The summed E-state index contributed by atoms with van der Waals surface area (Å²) in [5.41, 5.74) is 4.79. The zero-order chi connectivity index (χ0) is 30.8. The van der Waals surface area contributed by atoms with Gasteiger partial charge >= 0.3 is 0 Å². The fraction of sp³-hybridized carbons (Fsp3) is 0.182. The molecule has 0 atom stereocenters. The first-order valence-electron chi connectivity index (χ1n) is 13.4. The van der Waals surface area contributed by atoms with Crippen molar-refractivity contribution in [1.29, 1.82) is 0 Å². The van der Waals surface area contributed by atoms with Crippen LogP contribution >= 0.6 is 68.4 Å².